The lowest BCUT2D eigenvalue weighted by atomic mass is 10.4. The molecule has 0 aromatic heterocycles. The maximum atomic E-state index is 5.31. The first-order chi connectivity index (χ1) is 5.93. The normalized spacial score (nSPS) is 10.8. The van der Waals surface area contributed by atoms with Gasteiger partial charge in [0.05, 0.1) is 0 Å². The molecule has 0 saturated carbocycles. The number of hydrogen-bond acceptors (Lipinski definition) is 2. The van der Waals surface area contributed by atoms with Crippen molar-refractivity contribution in [3.63, 3.8) is 0 Å². The Hall–Kier alpha value is -0.730. The Balaban J connectivity index is 2.29. The van der Waals surface area contributed by atoms with Crippen molar-refractivity contribution in [2.45, 2.75) is 4.90 Å². The van der Waals surface area contributed by atoms with E-state index in [-0.39, 0.29) is 0 Å². The zero-order valence-corrected chi connectivity index (χ0v) is 7.76. The van der Waals surface area contributed by atoms with Crippen LogP contribution >= 0.6 is 11.8 Å². The molecule has 0 amide bonds. The molecule has 0 aliphatic rings. The largest absolute Gasteiger partial charge is 0.327 e. The predicted octanol–water partition coefficient (Wildman–Crippen LogP) is 2.29. The quantitative estimate of drug-likeness (QED) is 0.567. The molecule has 0 unspecified atom stereocenters. The lowest BCUT2D eigenvalue weighted by molar-refractivity contribution is 1.25. The summed E-state index contributed by atoms with van der Waals surface area (Å²) < 4.78 is 0. The van der Waals surface area contributed by atoms with E-state index in [0.717, 1.165) is 5.75 Å². The van der Waals surface area contributed by atoms with Crippen molar-refractivity contribution in [1.29, 1.82) is 0 Å². The molecule has 2 N–H and O–H groups in total. The van der Waals surface area contributed by atoms with Gasteiger partial charge in [0.25, 0.3) is 0 Å². The van der Waals surface area contributed by atoms with Gasteiger partial charge in [-0.05, 0) is 12.1 Å². The molecule has 64 valence electrons. The molecule has 0 bridgehead atoms. The van der Waals surface area contributed by atoms with E-state index >= 15 is 0 Å². The fourth-order valence-electron chi connectivity index (χ4n) is 0.825. The van der Waals surface area contributed by atoms with Gasteiger partial charge >= 0.3 is 0 Å². The molecule has 0 fully saturated rings. The fourth-order valence-corrected chi connectivity index (χ4v) is 1.60. The second-order valence-corrected chi connectivity index (χ2v) is 3.42. The first-order valence-electron chi connectivity index (χ1n) is 3.96. The maximum Gasteiger partial charge on any atom is 0.0161 e. The van der Waals surface area contributed by atoms with Crippen LogP contribution in [0.15, 0.2) is 47.4 Å². The summed E-state index contributed by atoms with van der Waals surface area (Å²) in [5.74, 6) is 1.00. The van der Waals surface area contributed by atoms with E-state index in [1.165, 1.54) is 4.90 Å². The van der Waals surface area contributed by atoms with Crippen molar-refractivity contribution in [2.24, 2.45) is 5.73 Å². The standard InChI is InChI=1S/C10H13NS/c11-8-4-5-9-12-10-6-2-1-3-7-10/h1-7H,8-9,11H2. The van der Waals surface area contributed by atoms with Gasteiger partial charge in [-0.2, -0.15) is 0 Å². The molecule has 0 radical (unpaired) electrons. The Kier molecular flexibility index (Phi) is 4.57. The van der Waals surface area contributed by atoms with Crippen LogP contribution in [0, 0.1) is 0 Å². The van der Waals surface area contributed by atoms with Gasteiger partial charge in [-0.25, -0.2) is 0 Å². The maximum absolute atomic E-state index is 5.31. The molecule has 12 heavy (non-hydrogen) atoms. The summed E-state index contributed by atoms with van der Waals surface area (Å²) in [4.78, 5) is 1.30. The van der Waals surface area contributed by atoms with E-state index in [2.05, 4.69) is 30.3 Å². The number of nitrogens with two attached hydrogens (primary N) is 1. The molecule has 0 aliphatic carbocycles. The molecule has 1 rings (SSSR count). The van der Waals surface area contributed by atoms with Crippen molar-refractivity contribution in [2.75, 3.05) is 12.3 Å². The first-order valence-corrected chi connectivity index (χ1v) is 4.95. The second kappa shape index (κ2) is 5.86. The van der Waals surface area contributed by atoms with Crippen molar-refractivity contribution in [3.8, 4) is 0 Å². The molecular formula is C10H13NS. The molecule has 0 saturated heterocycles. The minimum absolute atomic E-state index is 0.634. The molecule has 0 aliphatic heterocycles. The van der Waals surface area contributed by atoms with Crippen LogP contribution < -0.4 is 5.73 Å². The minimum Gasteiger partial charge on any atom is -0.327 e. The van der Waals surface area contributed by atoms with Crippen molar-refractivity contribution >= 4 is 11.8 Å². The average molecular weight is 179 g/mol. The number of benzene rings is 1. The lowest BCUT2D eigenvalue weighted by Gasteiger charge is -1.95. The van der Waals surface area contributed by atoms with Crippen LogP contribution in [0.25, 0.3) is 0 Å². The third kappa shape index (κ3) is 3.60. The van der Waals surface area contributed by atoms with Crippen molar-refractivity contribution in [1.82, 2.24) is 0 Å². The van der Waals surface area contributed by atoms with E-state index < -0.39 is 0 Å². The highest BCUT2D eigenvalue weighted by Crippen LogP contribution is 2.16. The van der Waals surface area contributed by atoms with Crippen LogP contribution in [0.1, 0.15) is 0 Å². The molecular weight excluding hydrogens is 166 g/mol. The Morgan fingerprint density at radius 2 is 1.92 bits per heavy atom. The Labute approximate surface area is 77.7 Å². The zero-order valence-electron chi connectivity index (χ0n) is 6.94. The Morgan fingerprint density at radius 3 is 2.58 bits per heavy atom. The SMILES string of the molecule is NCC=CCSc1ccccc1. The van der Waals surface area contributed by atoms with E-state index in [9.17, 15) is 0 Å². The highest BCUT2D eigenvalue weighted by atomic mass is 32.2. The van der Waals surface area contributed by atoms with E-state index in [4.69, 9.17) is 5.73 Å². The third-order valence-corrected chi connectivity index (χ3v) is 2.36. The lowest BCUT2D eigenvalue weighted by Crippen LogP contribution is -1.92. The molecule has 0 heterocycles. The third-order valence-electron chi connectivity index (χ3n) is 1.39. The van der Waals surface area contributed by atoms with Crippen LogP contribution in [0.5, 0.6) is 0 Å². The van der Waals surface area contributed by atoms with Crippen LogP contribution in [-0.4, -0.2) is 12.3 Å². The second-order valence-electron chi connectivity index (χ2n) is 2.33. The van der Waals surface area contributed by atoms with Gasteiger partial charge in [-0.15, -0.1) is 11.8 Å². The van der Waals surface area contributed by atoms with E-state index in [0.29, 0.717) is 6.54 Å². The topological polar surface area (TPSA) is 26.0 Å². The summed E-state index contributed by atoms with van der Waals surface area (Å²) in [7, 11) is 0. The van der Waals surface area contributed by atoms with Gasteiger partial charge in [0.15, 0.2) is 0 Å². The average Bonchev–Trinajstić information content (AvgIpc) is 2.14. The molecule has 1 aromatic rings. The summed E-state index contributed by atoms with van der Waals surface area (Å²) in [6, 6.07) is 10.4. The summed E-state index contributed by atoms with van der Waals surface area (Å²) in [5, 5.41) is 0. The Morgan fingerprint density at radius 1 is 1.17 bits per heavy atom. The van der Waals surface area contributed by atoms with Gasteiger partial charge < -0.3 is 5.73 Å². The highest BCUT2D eigenvalue weighted by Gasteiger charge is 1.87. The molecule has 0 atom stereocenters. The van der Waals surface area contributed by atoms with Gasteiger partial charge in [0.2, 0.25) is 0 Å². The summed E-state index contributed by atoms with van der Waals surface area (Å²) >= 11 is 1.82. The smallest absolute Gasteiger partial charge is 0.0161 e. The van der Waals surface area contributed by atoms with Crippen molar-refractivity contribution in [3.05, 3.63) is 42.5 Å². The zero-order chi connectivity index (χ0) is 8.65. The van der Waals surface area contributed by atoms with Crippen LogP contribution in [-0.2, 0) is 0 Å². The molecule has 1 nitrogen and oxygen atoms in total. The number of rotatable bonds is 4. The van der Waals surface area contributed by atoms with Gasteiger partial charge in [-0.1, -0.05) is 30.4 Å². The first kappa shape index (κ1) is 9.36. The van der Waals surface area contributed by atoms with Gasteiger partial charge in [-0.3, -0.25) is 0 Å². The molecule has 0 spiro atoms. The van der Waals surface area contributed by atoms with Crippen LogP contribution in [0.3, 0.4) is 0 Å². The molecule has 1 aromatic carbocycles. The monoisotopic (exact) mass is 179 g/mol. The summed E-state index contributed by atoms with van der Waals surface area (Å²) in [6.45, 7) is 0.634. The van der Waals surface area contributed by atoms with Gasteiger partial charge in [0, 0.05) is 17.2 Å². The van der Waals surface area contributed by atoms with Crippen LogP contribution in [0.4, 0.5) is 0 Å². The summed E-state index contributed by atoms with van der Waals surface area (Å²) in [6.07, 6.45) is 4.08. The van der Waals surface area contributed by atoms with Gasteiger partial charge in [0.1, 0.15) is 0 Å². The summed E-state index contributed by atoms with van der Waals surface area (Å²) in [5.41, 5.74) is 5.31. The number of hydrogen-bond donors (Lipinski definition) is 1. The van der Waals surface area contributed by atoms with E-state index in [1.54, 1.807) is 0 Å². The predicted molar refractivity (Wildman–Crippen MR) is 55.4 cm³/mol. The highest BCUT2D eigenvalue weighted by molar-refractivity contribution is 7.99. The van der Waals surface area contributed by atoms with Crippen molar-refractivity contribution < 1.29 is 0 Å². The fraction of sp³-hybridized carbons (Fsp3) is 0.200. The van der Waals surface area contributed by atoms with E-state index in [1.807, 2.05) is 23.9 Å². The minimum atomic E-state index is 0.634. The molecule has 2 heteroatoms. The Bertz CT molecular complexity index is 231. The van der Waals surface area contributed by atoms with Crippen LogP contribution in [0.2, 0.25) is 0 Å². The number of thioether (sulfide) groups is 1.